The molecule has 2 heterocycles. The fourth-order valence-corrected chi connectivity index (χ4v) is 4.35. The number of rotatable bonds is 7. The molecule has 7 heteroatoms. The molecule has 0 fully saturated rings. The lowest BCUT2D eigenvalue weighted by molar-refractivity contribution is 0.448. The predicted molar refractivity (Wildman–Crippen MR) is 94.7 cm³/mol. The van der Waals surface area contributed by atoms with Crippen LogP contribution in [-0.2, 0) is 13.0 Å². The van der Waals surface area contributed by atoms with Gasteiger partial charge in [0.05, 0.1) is 3.79 Å². The van der Waals surface area contributed by atoms with Crippen LogP contribution in [0, 0.1) is 5.92 Å². The fraction of sp³-hybridized carbons (Fsp3) is 0.571. The van der Waals surface area contributed by atoms with Gasteiger partial charge >= 0.3 is 0 Å². The van der Waals surface area contributed by atoms with Crippen molar-refractivity contribution in [3.8, 4) is 0 Å². The molecule has 0 aliphatic carbocycles. The van der Waals surface area contributed by atoms with Crippen LogP contribution in [-0.4, -0.2) is 21.3 Å². The molecule has 0 aromatic carbocycles. The molecule has 1 N–H and O–H groups in total. The largest absolute Gasteiger partial charge is 0.309 e. The van der Waals surface area contributed by atoms with Gasteiger partial charge in [-0.15, -0.1) is 11.3 Å². The molecule has 0 aliphatic heterocycles. The van der Waals surface area contributed by atoms with Crippen molar-refractivity contribution in [3.05, 3.63) is 31.4 Å². The summed E-state index contributed by atoms with van der Waals surface area (Å²) in [7, 11) is 0. The standard InChI is InChI=1S/C14H20Br2N4S/c1-4-17-11(12-5-10(15)14(16)21-12)6-13-18-8-19-20(13)7-9(2)3/h5,8-9,11,17H,4,6-7H2,1-3H3. The fourth-order valence-electron chi connectivity index (χ4n) is 2.18. The van der Waals surface area contributed by atoms with Crippen molar-refractivity contribution in [1.29, 1.82) is 0 Å². The SMILES string of the molecule is CCNC(Cc1ncnn1CC(C)C)c1cc(Br)c(Br)s1. The third kappa shape index (κ3) is 4.61. The van der Waals surface area contributed by atoms with Crippen LogP contribution in [0.2, 0.25) is 0 Å². The van der Waals surface area contributed by atoms with E-state index in [1.807, 2.05) is 4.68 Å². The Labute approximate surface area is 146 Å². The Morgan fingerprint density at radius 3 is 2.71 bits per heavy atom. The first-order chi connectivity index (χ1) is 10.0. The van der Waals surface area contributed by atoms with Gasteiger partial charge in [-0.3, -0.25) is 0 Å². The molecule has 4 nitrogen and oxygen atoms in total. The van der Waals surface area contributed by atoms with Crippen molar-refractivity contribution in [2.45, 2.75) is 39.8 Å². The Kier molecular flexibility index (Phi) is 6.40. The molecule has 2 aromatic rings. The Morgan fingerprint density at radius 2 is 2.14 bits per heavy atom. The molecule has 0 saturated heterocycles. The lowest BCUT2D eigenvalue weighted by atomic mass is 10.1. The van der Waals surface area contributed by atoms with E-state index in [9.17, 15) is 0 Å². The Morgan fingerprint density at radius 1 is 1.38 bits per heavy atom. The normalized spacial score (nSPS) is 13.0. The maximum Gasteiger partial charge on any atom is 0.138 e. The van der Waals surface area contributed by atoms with Crippen molar-refractivity contribution >= 4 is 43.2 Å². The molecule has 2 rings (SSSR count). The molecule has 116 valence electrons. The van der Waals surface area contributed by atoms with Crippen molar-refractivity contribution in [3.63, 3.8) is 0 Å². The van der Waals surface area contributed by atoms with Gasteiger partial charge in [0.15, 0.2) is 0 Å². The third-order valence-electron chi connectivity index (χ3n) is 3.08. The molecule has 0 spiro atoms. The van der Waals surface area contributed by atoms with Gasteiger partial charge in [-0.25, -0.2) is 9.67 Å². The molecule has 2 aromatic heterocycles. The molecule has 0 radical (unpaired) electrons. The van der Waals surface area contributed by atoms with Gasteiger partial charge in [0.2, 0.25) is 0 Å². The second kappa shape index (κ2) is 7.85. The van der Waals surface area contributed by atoms with Crippen LogP contribution in [0.15, 0.2) is 20.7 Å². The van der Waals surface area contributed by atoms with E-state index in [1.165, 1.54) is 4.88 Å². The van der Waals surface area contributed by atoms with E-state index in [2.05, 4.69) is 74.1 Å². The van der Waals surface area contributed by atoms with E-state index >= 15 is 0 Å². The highest BCUT2D eigenvalue weighted by molar-refractivity contribution is 9.13. The van der Waals surface area contributed by atoms with Gasteiger partial charge in [-0.1, -0.05) is 20.8 Å². The second-order valence-corrected chi connectivity index (χ2v) is 8.59. The minimum absolute atomic E-state index is 0.262. The van der Waals surface area contributed by atoms with Crippen LogP contribution in [0.3, 0.4) is 0 Å². The van der Waals surface area contributed by atoms with Crippen LogP contribution < -0.4 is 5.32 Å². The maximum atomic E-state index is 4.44. The van der Waals surface area contributed by atoms with Crippen LogP contribution in [0.25, 0.3) is 0 Å². The summed E-state index contributed by atoms with van der Waals surface area (Å²) >= 11 is 8.89. The zero-order valence-corrected chi connectivity index (χ0v) is 16.4. The zero-order valence-electron chi connectivity index (χ0n) is 12.4. The molecule has 0 saturated carbocycles. The Balaban J connectivity index is 2.18. The number of nitrogens with one attached hydrogen (secondary N) is 1. The number of thiophene rings is 1. The van der Waals surface area contributed by atoms with Gasteiger partial charge in [0, 0.05) is 28.4 Å². The molecule has 0 aliphatic rings. The monoisotopic (exact) mass is 434 g/mol. The van der Waals surface area contributed by atoms with Crippen LogP contribution in [0.5, 0.6) is 0 Å². The van der Waals surface area contributed by atoms with E-state index < -0.39 is 0 Å². The van der Waals surface area contributed by atoms with Crippen molar-refractivity contribution in [1.82, 2.24) is 20.1 Å². The first-order valence-corrected chi connectivity index (χ1v) is 9.46. The van der Waals surface area contributed by atoms with Crippen molar-refractivity contribution in [2.24, 2.45) is 5.92 Å². The molecule has 0 bridgehead atoms. The topological polar surface area (TPSA) is 42.7 Å². The summed E-state index contributed by atoms with van der Waals surface area (Å²) < 4.78 is 4.25. The molecular formula is C14H20Br2N4S. The summed E-state index contributed by atoms with van der Waals surface area (Å²) in [4.78, 5) is 5.74. The van der Waals surface area contributed by atoms with Crippen molar-refractivity contribution in [2.75, 3.05) is 6.54 Å². The van der Waals surface area contributed by atoms with Crippen LogP contribution >= 0.6 is 43.2 Å². The van der Waals surface area contributed by atoms with E-state index in [-0.39, 0.29) is 6.04 Å². The quantitative estimate of drug-likeness (QED) is 0.700. The van der Waals surface area contributed by atoms with Gasteiger partial charge in [-0.05, 0) is 50.4 Å². The van der Waals surface area contributed by atoms with Crippen LogP contribution in [0.1, 0.15) is 37.5 Å². The number of hydrogen-bond donors (Lipinski definition) is 1. The minimum Gasteiger partial charge on any atom is -0.309 e. The average Bonchev–Trinajstić information content (AvgIpc) is 2.96. The number of nitrogens with zero attached hydrogens (tertiary/aromatic N) is 3. The van der Waals surface area contributed by atoms with E-state index in [4.69, 9.17) is 0 Å². The number of likely N-dealkylation sites (N-methyl/N-ethyl adjacent to an activating group) is 1. The summed E-state index contributed by atoms with van der Waals surface area (Å²) in [5, 5.41) is 7.89. The predicted octanol–water partition coefficient (Wildman–Crippen LogP) is 4.41. The first-order valence-electron chi connectivity index (χ1n) is 7.06. The molecule has 0 amide bonds. The van der Waals surface area contributed by atoms with E-state index in [1.54, 1.807) is 17.7 Å². The smallest absolute Gasteiger partial charge is 0.138 e. The summed E-state index contributed by atoms with van der Waals surface area (Å²) in [6, 6.07) is 2.43. The molecule has 1 atom stereocenters. The molecule has 21 heavy (non-hydrogen) atoms. The highest BCUT2D eigenvalue weighted by atomic mass is 79.9. The van der Waals surface area contributed by atoms with Gasteiger partial charge in [0.1, 0.15) is 12.2 Å². The highest BCUT2D eigenvalue weighted by Crippen LogP contribution is 2.36. The third-order valence-corrected chi connectivity index (χ3v) is 6.45. The van der Waals surface area contributed by atoms with Gasteiger partial charge in [0.25, 0.3) is 0 Å². The zero-order chi connectivity index (χ0) is 15.4. The second-order valence-electron chi connectivity index (χ2n) is 5.34. The summed E-state index contributed by atoms with van der Waals surface area (Å²) in [6.45, 7) is 8.35. The number of halogens is 2. The lowest BCUT2D eigenvalue weighted by Gasteiger charge is -2.17. The molecule has 1 unspecified atom stereocenters. The summed E-state index contributed by atoms with van der Waals surface area (Å²) in [6.07, 6.45) is 2.50. The Hall–Kier alpha value is -0.240. The Bertz CT molecular complexity index is 560. The number of aromatic nitrogens is 3. The summed E-state index contributed by atoms with van der Waals surface area (Å²) in [5.74, 6) is 1.60. The van der Waals surface area contributed by atoms with Gasteiger partial charge < -0.3 is 5.32 Å². The maximum absolute atomic E-state index is 4.44. The summed E-state index contributed by atoms with van der Waals surface area (Å²) in [5.41, 5.74) is 0. The average molecular weight is 436 g/mol. The van der Waals surface area contributed by atoms with Gasteiger partial charge in [-0.2, -0.15) is 5.10 Å². The number of hydrogen-bond acceptors (Lipinski definition) is 4. The van der Waals surface area contributed by atoms with Crippen molar-refractivity contribution < 1.29 is 0 Å². The molecular weight excluding hydrogens is 416 g/mol. The van der Waals surface area contributed by atoms with E-state index in [0.717, 1.165) is 33.6 Å². The lowest BCUT2D eigenvalue weighted by Crippen LogP contribution is -2.24. The first kappa shape index (κ1) is 17.1. The minimum atomic E-state index is 0.262. The van der Waals surface area contributed by atoms with Crippen LogP contribution in [0.4, 0.5) is 0 Å². The van der Waals surface area contributed by atoms with E-state index in [0.29, 0.717) is 5.92 Å². The highest BCUT2D eigenvalue weighted by Gasteiger charge is 2.18.